The smallest absolute Gasteiger partial charge is 0.219 e. The number of nitrogens with zero attached hydrogens (tertiary/aromatic N) is 5. The van der Waals surface area contributed by atoms with E-state index in [0.29, 0.717) is 31.9 Å². The number of carbonyl (C=O) groups is 1. The van der Waals surface area contributed by atoms with Gasteiger partial charge in [-0.3, -0.25) is 4.79 Å². The normalized spacial score (nSPS) is 13.2. The number of hydrogen-bond donors (Lipinski definition) is 1. The molecule has 24 heavy (non-hydrogen) atoms. The van der Waals surface area contributed by atoms with Crippen LogP contribution in [-0.2, 0) is 4.79 Å². The van der Waals surface area contributed by atoms with Gasteiger partial charge in [0.2, 0.25) is 5.91 Å². The fourth-order valence-electron chi connectivity index (χ4n) is 2.54. The molecule has 0 spiro atoms. The number of rotatable bonds is 3. The van der Waals surface area contributed by atoms with Gasteiger partial charge in [0, 0.05) is 33.1 Å². The average molecular weight is 320 g/mol. The molecule has 0 radical (unpaired) electrons. The van der Waals surface area contributed by atoms with Crippen LogP contribution in [0.25, 0.3) is 0 Å². The minimum Gasteiger partial charge on any atom is -0.366 e. The lowest BCUT2D eigenvalue weighted by Gasteiger charge is -2.36. The molecule has 0 aliphatic carbocycles. The lowest BCUT2D eigenvalue weighted by Crippen LogP contribution is -2.48. The number of nitrogens with one attached hydrogen (secondary N) is 1. The largest absolute Gasteiger partial charge is 0.366 e. The lowest BCUT2D eigenvalue weighted by molar-refractivity contribution is -0.129. The van der Waals surface area contributed by atoms with Gasteiger partial charge in [0.15, 0.2) is 5.57 Å². The number of benzene rings is 1. The van der Waals surface area contributed by atoms with Crippen LogP contribution >= 0.6 is 0 Å². The van der Waals surface area contributed by atoms with Crippen molar-refractivity contribution in [3.05, 3.63) is 35.5 Å². The standard InChI is InChI=1S/C17H16N6O/c1-13(24)22-6-8-23(9-7-22)17-5-3-2-4-15(17)21-16(12-20)14(10-18)11-19/h2-5,21H,6-9H2,1H3. The van der Waals surface area contributed by atoms with E-state index < -0.39 is 0 Å². The summed E-state index contributed by atoms with van der Waals surface area (Å²) in [4.78, 5) is 15.3. The Morgan fingerprint density at radius 2 is 1.67 bits per heavy atom. The van der Waals surface area contributed by atoms with Crippen LogP contribution in [0.1, 0.15) is 6.92 Å². The highest BCUT2D eigenvalue weighted by atomic mass is 16.2. The molecule has 1 heterocycles. The molecular formula is C17H16N6O. The maximum absolute atomic E-state index is 11.4. The maximum atomic E-state index is 11.4. The number of amides is 1. The molecule has 7 nitrogen and oxygen atoms in total. The van der Waals surface area contributed by atoms with Gasteiger partial charge in [-0.1, -0.05) is 12.1 Å². The first kappa shape index (κ1) is 16.9. The van der Waals surface area contributed by atoms with Gasteiger partial charge in [-0.15, -0.1) is 0 Å². The highest BCUT2D eigenvalue weighted by Gasteiger charge is 2.21. The van der Waals surface area contributed by atoms with Crippen molar-refractivity contribution in [2.24, 2.45) is 0 Å². The van der Waals surface area contributed by atoms with Crippen LogP contribution in [0.3, 0.4) is 0 Å². The molecule has 1 saturated heterocycles. The predicted octanol–water partition coefficient (Wildman–Crippen LogP) is 1.59. The van der Waals surface area contributed by atoms with E-state index in [9.17, 15) is 10.1 Å². The van der Waals surface area contributed by atoms with Crippen molar-refractivity contribution < 1.29 is 4.79 Å². The lowest BCUT2D eigenvalue weighted by atomic mass is 10.2. The van der Waals surface area contributed by atoms with Gasteiger partial charge in [-0.05, 0) is 12.1 Å². The second-order valence-corrected chi connectivity index (χ2v) is 5.22. The van der Waals surface area contributed by atoms with E-state index in [2.05, 4.69) is 10.2 Å². The Kier molecular flexibility index (Phi) is 5.39. The highest BCUT2D eigenvalue weighted by Crippen LogP contribution is 2.28. The number of anilines is 2. The maximum Gasteiger partial charge on any atom is 0.219 e. The van der Waals surface area contributed by atoms with Crippen LogP contribution in [0.2, 0.25) is 0 Å². The molecule has 0 atom stereocenters. The zero-order valence-corrected chi connectivity index (χ0v) is 13.3. The van der Waals surface area contributed by atoms with Crippen molar-refractivity contribution in [1.82, 2.24) is 4.90 Å². The quantitative estimate of drug-likeness (QED) is 0.848. The van der Waals surface area contributed by atoms with E-state index in [4.69, 9.17) is 10.5 Å². The summed E-state index contributed by atoms with van der Waals surface area (Å²) in [6, 6.07) is 12.7. The fourth-order valence-corrected chi connectivity index (χ4v) is 2.54. The van der Waals surface area contributed by atoms with Crippen molar-refractivity contribution >= 4 is 17.3 Å². The molecule has 120 valence electrons. The van der Waals surface area contributed by atoms with E-state index >= 15 is 0 Å². The third kappa shape index (κ3) is 3.63. The Morgan fingerprint density at radius 1 is 1.04 bits per heavy atom. The van der Waals surface area contributed by atoms with Gasteiger partial charge in [-0.2, -0.15) is 15.8 Å². The average Bonchev–Trinajstić information content (AvgIpc) is 2.62. The zero-order valence-electron chi connectivity index (χ0n) is 13.3. The van der Waals surface area contributed by atoms with Crippen molar-refractivity contribution in [2.45, 2.75) is 6.92 Å². The summed E-state index contributed by atoms with van der Waals surface area (Å²) in [6.45, 7) is 4.17. The summed E-state index contributed by atoms with van der Waals surface area (Å²) in [7, 11) is 0. The first-order chi connectivity index (χ1) is 11.6. The van der Waals surface area contributed by atoms with Crippen molar-refractivity contribution in [3.8, 4) is 18.2 Å². The molecule has 1 fully saturated rings. The highest BCUT2D eigenvalue weighted by molar-refractivity contribution is 5.76. The SMILES string of the molecule is CC(=O)N1CCN(c2ccccc2NC(C#N)=C(C#N)C#N)CC1. The number of hydrogen-bond acceptors (Lipinski definition) is 6. The molecule has 7 heteroatoms. The number of allylic oxidation sites excluding steroid dienone is 2. The summed E-state index contributed by atoms with van der Waals surface area (Å²) in [5, 5.41) is 29.9. The minimum atomic E-state index is -0.256. The molecule has 0 bridgehead atoms. The molecule has 0 aromatic heterocycles. The Hall–Kier alpha value is -3.50. The van der Waals surface area contributed by atoms with Crippen LogP contribution in [0.5, 0.6) is 0 Å². The van der Waals surface area contributed by atoms with E-state index in [1.807, 2.05) is 24.3 Å². The summed E-state index contributed by atoms with van der Waals surface area (Å²) in [6.07, 6.45) is 0. The Bertz CT molecular complexity index is 769. The third-order valence-electron chi connectivity index (χ3n) is 3.81. The number of para-hydroxylation sites is 2. The Labute approximate surface area is 140 Å². The van der Waals surface area contributed by atoms with Gasteiger partial charge in [0.1, 0.15) is 23.9 Å². The van der Waals surface area contributed by atoms with Crippen LogP contribution in [0.15, 0.2) is 35.5 Å². The predicted molar refractivity (Wildman–Crippen MR) is 88.4 cm³/mol. The molecule has 1 amide bonds. The summed E-state index contributed by atoms with van der Waals surface area (Å²) in [5.74, 6) is 0.0587. The van der Waals surface area contributed by atoms with Gasteiger partial charge < -0.3 is 15.1 Å². The first-order valence-corrected chi connectivity index (χ1v) is 7.41. The molecular weight excluding hydrogens is 304 g/mol. The summed E-state index contributed by atoms with van der Waals surface area (Å²) in [5.41, 5.74) is 1.18. The first-order valence-electron chi connectivity index (χ1n) is 7.41. The fraction of sp³-hybridized carbons (Fsp3) is 0.294. The van der Waals surface area contributed by atoms with E-state index in [1.54, 1.807) is 30.0 Å². The van der Waals surface area contributed by atoms with Gasteiger partial charge >= 0.3 is 0 Å². The van der Waals surface area contributed by atoms with Crippen molar-refractivity contribution in [3.63, 3.8) is 0 Å². The molecule has 1 aliphatic heterocycles. The van der Waals surface area contributed by atoms with Crippen LogP contribution in [0, 0.1) is 34.0 Å². The second kappa shape index (κ2) is 7.67. The van der Waals surface area contributed by atoms with Crippen LogP contribution in [0.4, 0.5) is 11.4 Å². The topological polar surface area (TPSA) is 107 Å². The third-order valence-corrected chi connectivity index (χ3v) is 3.81. The van der Waals surface area contributed by atoms with Crippen molar-refractivity contribution in [2.75, 3.05) is 36.4 Å². The molecule has 1 aromatic rings. The van der Waals surface area contributed by atoms with Gasteiger partial charge in [-0.25, -0.2) is 0 Å². The van der Waals surface area contributed by atoms with Gasteiger partial charge in [0.25, 0.3) is 0 Å². The number of carbonyl (C=O) groups excluding carboxylic acids is 1. The molecule has 2 rings (SSSR count). The van der Waals surface area contributed by atoms with Crippen molar-refractivity contribution in [1.29, 1.82) is 15.8 Å². The second-order valence-electron chi connectivity index (χ2n) is 5.22. The Balaban J connectivity index is 2.25. The summed E-state index contributed by atoms with van der Waals surface area (Å²) >= 11 is 0. The van der Waals surface area contributed by atoms with Crippen LogP contribution in [-0.4, -0.2) is 37.0 Å². The van der Waals surface area contributed by atoms with E-state index in [1.165, 1.54) is 0 Å². The minimum absolute atomic E-state index is 0.0587. The molecule has 0 unspecified atom stereocenters. The van der Waals surface area contributed by atoms with E-state index in [-0.39, 0.29) is 17.2 Å². The molecule has 1 aliphatic rings. The van der Waals surface area contributed by atoms with E-state index in [0.717, 1.165) is 5.69 Å². The molecule has 0 saturated carbocycles. The monoisotopic (exact) mass is 320 g/mol. The van der Waals surface area contributed by atoms with Gasteiger partial charge in [0.05, 0.1) is 11.4 Å². The van der Waals surface area contributed by atoms with Crippen LogP contribution < -0.4 is 10.2 Å². The number of piperazine rings is 1. The Morgan fingerprint density at radius 3 is 2.21 bits per heavy atom. The summed E-state index contributed by atoms with van der Waals surface area (Å²) < 4.78 is 0. The molecule has 1 N–H and O–H groups in total. The zero-order chi connectivity index (χ0) is 17.5. The number of nitriles is 3. The molecule has 1 aromatic carbocycles.